The van der Waals surface area contributed by atoms with Gasteiger partial charge in [0.1, 0.15) is 0 Å². The van der Waals surface area contributed by atoms with Crippen LogP contribution in [-0.4, -0.2) is 13.1 Å². The zero-order valence-electron chi connectivity index (χ0n) is 15.0. The molecular formula is C20H28N6. The molecule has 0 atom stereocenters. The maximum Gasteiger partial charge on any atom is 0.0574 e. The van der Waals surface area contributed by atoms with E-state index in [2.05, 4.69) is 23.8 Å². The molecule has 10 N–H and O–H groups in total. The van der Waals surface area contributed by atoms with Gasteiger partial charge in [0.25, 0.3) is 0 Å². The van der Waals surface area contributed by atoms with Crippen molar-refractivity contribution in [1.29, 1.82) is 0 Å². The fourth-order valence-corrected chi connectivity index (χ4v) is 2.54. The Kier molecular flexibility index (Phi) is 6.38. The third-order valence-electron chi connectivity index (χ3n) is 4.08. The topological polar surface area (TPSA) is 128 Å². The second kappa shape index (κ2) is 8.71. The predicted octanol–water partition coefficient (Wildman–Crippen LogP) is 3.01. The molecule has 0 aliphatic heterocycles. The average molecular weight is 352 g/mol. The number of nitrogens with one attached hydrogen (secondary N) is 2. The lowest BCUT2D eigenvalue weighted by Crippen LogP contribution is -2.09. The zero-order chi connectivity index (χ0) is 19.1. The van der Waals surface area contributed by atoms with Gasteiger partial charge in [-0.15, -0.1) is 0 Å². The highest BCUT2D eigenvalue weighted by atomic mass is 14.9. The molecule has 0 aliphatic rings. The summed E-state index contributed by atoms with van der Waals surface area (Å²) in [4.78, 5) is 0. The number of unbranched alkanes of at least 4 members (excludes halogenated alkanes) is 1. The quantitative estimate of drug-likeness (QED) is 0.304. The van der Waals surface area contributed by atoms with Gasteiger partial charge in [0.15, 0.2) is 0 Å². The average Bonchev–Trinajstić information content (AvgIpc) is 2.59. The minimum absolute atomic E-state index is 0.511. The molecule has 138 valence electrons. The molecule has 6 heteroatoms. The Bertz CT molecular complexity index is 729. The van der Waals surface area contributed by atoms with E-state index in [-0.39, 0.29) is 0 Å². The van der Waals surface area contributed by atoms with Crippen LogP contribution in [0.5, 0.6) is 0 Å². The zero-order valence-corrected chi connectivity index (χ0v) is 15.0. The SMILES string of the molecule is C=C(N)c1ccc(NCCCCNc2ccc(C(=C)N)cc2N)c(N)c1. The number of hydrogen-bond acceptors (Lipinski definition) is 6. The molecule has 2 aromatic rings. The van der Waals surface area contributed by atoms with Crippen molar-refractivity contribution in [2.24, 2.45) is 11.5 Å². The van der Waals surface area contributed by atoms with Gasteiger partial charge in [0, 0.05) is 24.5 Å². The molecule has 0 aromatic heterocycles. The van der Waals surface area contributed by atoms with Crippen molar-refractivity contribution in [2.75, 3.05) is 35.2 Å². The fraction of sp³-hybridized carbons (Fsp3) is 0.200. The molecule has 6 nitrogen and oxygen atoms in total. The van der Waals surface area contributed by atoms with E-state index in [1.807, 2.05) is 36.4 Å². The molecule has 0 bridgehead atoms. The second-order valence-electron chi connectivity index (χ2n) is 6.22. The van der Waals surface area contributed by atoms with Crippen molar-refractivity contribution < 1.29 is 0 Å². The summed E-state index contributed by atoms with van der Waals surface area (Å²) >= 11 is 0. The van der Waals surface area contributed by atoms with Crippen molar-refractivity contribution >= 4 is 34.1 Å². The summed E-state index contributed by atoms with van der Waals surface area (Å²) in [5.74, 6) is 0. The Hall–Kier alpha value is -3.28. The summed E-state index contributed by atoms with van der Waals surface area (Å²) in [6.07, 6.45) is 1.99. The molecule has 0 radical (unpaired) electrons. The summed E-state index contributed by atoms with van der Waals surface area (Å²) in [7, 11) is 0. The van der Waals surface area contributed by atoms with E-state index >= 15 is 0 Å². The number of anilines is 4. The van der Waals surface area contributed by atoms with Gasteiger partial charge in [-0.25, -0.2) is 0 Å². The maximum absolute atomic E-state index is 6.03. The van der Waals surface area contributed by atoms with E-state index in [1.54, 1.807) is 0 Å². The van der Waals surface area contributed by atoms with E-state index in [9.17, 15) is 0 Å². The maximum atomic E-state index is 6.03. The third-order valence-corrected chi connectivity index (χ3v) is 4.08. The lowest BCUT2D eigenvalue weighted by Gasteiger charge is -2.12. The molecule has 0 unspecified atom stereocenters. The number of rotatable bonds is 9. The highest BCUT2D eigenvalue weighted by Crippen LogP contribution is 2.23. The highest BCUT2D eigenvalue weighted by molar-refractivity contribution is 5.74. The van der Waals surface area contributed by atoms with Gasteiger partial charge in [-0.1, -0.05) is 25.3 Å². The first-order valence-electron chi connectivity index (χ1n) is 8.54. The molecule has 0 aliphatic carbocycles. The number of nitrogens with two attached hydrogens (primary N) is 4. The van der Waals surface area contributed by atoms with Gasteiger partial charge in [0.05, 0.1) is 22.7 Å². The lowest BCUT2D eigenvalue weighted by molar-refractivity contribution is 0.796. The largest absolute Gasteiger partial charge is 0.399 e. The van der Waals surface area contributed by atoms with E-state index < -0.39 is 0 Å². The summed E-state index contributed by atoms with van der Waals surface area (Å²) < 4.78 is 0. The fourth-order valence-electron chi connectivity index (χ4n) is 2.54. The normalized spacial score (nSPS) is 10.3. The highest BCUT2D eigenvalue weighted by Gasteiger charge is 2.03. The van der Waals surface area contributed by atoms with Crippen molar-refractivity contribution in [2.45, 2.75) is 12.8 Å². The summed E-state index contributed by atoms with van der Waals surface area (Å²) in [6.45, 7) is 9.08. The molecule has 0 saturated carbocycles. The monoisotopic (exact) mass is 352 g/mol. The number of nitrogen functional groups attached to an aromatic ring is 2. The minimum Gasteiger partial charge on any atom is -0.399 e. The van der Waals surface area contributed by atoms with Crippen LogP contribution in [0.1, 0.15) is 24.0 Å². The van der Waals surface area contributed by atoms with Crippen LogP contribution in [0.3, 0.4) is 0 Å². The Morgan fingerprint density at radius 1 is 0.731 bits per heavy atom. The Morgan fingerprint density at radius 2 is 1.12 bits per heavy atom. The molecule has 26 heavy (non-hydrogen) atoms. The van der Waals surface area contributed by atoms with Crippen LogP contribution in [-0.2, 0) is 0 Å². The van der Waals surface area contributed by atoms with Gasteiger partial charge in [-0.3, -0.25) is 0 Å². The minimum atomic E-state index is 0.511. The van der Waals surface area contributed by atoms with E-state index in [1.165, 1.54) is 0 Å². The van der Waals surface area contributed by atoms with E-state index in [0.29, 0.717) is 22.8 Å². The van der Waals surface area contributed by atoms with E-state index in [0.717, 1.165) is 48.4 Å². The lowest BCUT2D eigenvalue weighted by atomic mass is 10.1. The van der Waals surface area contributed by atoms with Gasteiger partial charge >= 0.3 is 0 Å². The Labute approximate surface area is 154 Å². The van der Waals surface area contributed by atoms with Crippen molar-refractivity contribution in [3.8, 4) is 0 Å². The van der Waals surface area contributed by atoms with Crippen molar-refractivity contribution in [1.82, 2.24) is 0 Å². The summed E-state index contributed by atoms with van der Waals surface area (Å²) in [5, 5.41) is 6.68. The van der Waals surface area contributed by atoms with Crippen molar-refractivity contribution in [3.63, 3.8) is 0 Å². The van der Waals surface area contributed by atoms with Crippen molar-refractivity contribution in [3.05, 3.63) is 60.7 Å². The standard InChI is InChI=1S/C20H28N6/c1-13(21)15-5-7-19(17(23)11-15)25-9-3-4-10-26-20-8-6-16(14(2)22)12-18(20)24/h5-8,11-12,25-26H,1-4,9-10,21-24H2. The predicted molar refractivity (Wildman–Crippen MR) is 114 cm³/mol. The summed E-state index contributed by atoms with van der Waals surface area (Å²) in [6, 6.07) is 11.3. The molecule has 0 saturated heterocycles. The van der Waals surface area contributed by atoms with Gasteiger partial charge in [-0.2, -0.15) is 0 Å². The number of hydrogen-bond donors (Lipinski definition) is 6. The Morgan fingerprint density at radius 3 is 1.42 bits per heavy atom. The van der Waals surface area contributed by atoms with Crippen LogP contribution in [0, 0.1) is 0 Å². The molecule has 0 amide bonds. The van der Waals surface area contributed by atoms with Crippen LogP contribution in [0.4, 0.5) is 22.7 Å². The second-order valence-corrected chi connectivity index (χ2v) is 6.22. The molecule has 2 rings (SSSR count). The smallest absolute Gasteiger partial charge is 0.0574 e. The molecule has 2 aromatic carbocycles. The molecule has 0 fully saturated rings. The summed E-state index contributed by atoms with van der Waals surface area (Å²) in [5.41, 5.74) is 29.3. The van der Waals surface area contributed by atoms with Crippen LogP contribution >= 0.6 is 0 Å². The van der Waals surface area contributed by atoms with Crippen LogP contribution in [0.15, 0.2) is 49.6 Å². The van der Waals surface area contributed by atoms with Crippen LogP contribution < -0.4 is 33.6 Å². The first-order valence-corrected chi connectivity index (χ1v) is 8.54. The third kappa shape index (κ3) is 5.11. The Balaban J connectivity index is 1.73. The van der Waals surface area contributed by atoms with Gasteiger partial charge < -0.3 is 33.6 Å². The van der Waals surface area contributed by atoms with Crippen LogP contribution in [0.25, 0.3) is 11.4 Å². The molecule has 0 spiro atoms. The molecular weight excluding hydrogens is 324 g/mol. The van der Waals surface area contributed by atoms with E-state index in [4.69, 9.17) is 22.9 Å². The van der Waals surface area contributed by atoms with Gasteiger partial charge in [-0.05, 0) is 48.2 Å². The first kappa shape index (κ1) is 19.1. The number of benzene rings is 2. The van der Waals surface area contributed by atoms with Gasteiger partial charge in [0.2, 0.25) is 0 Å². The van der Waals surface area contributed by atoms with Crippen LogP contribution in [0.2, 0.25) is 0 Å². The first-order chi connectivity index (χ1) is 12.4. The molecule has 0 heterocycles.